The van der Waals surface area contributed by atoms with Crippen LogP contribution in [0.5, 0.6) is 5.75 Å². The molecule has 2 amide bonds. The molecule has 6 nitrogen and oxygen atoms in total. The molecule has 4 rings (SSSR count). The van der Waals surface area contributed by atoms with Crippen LogP contribution in [-0.4, -0.2) is 60.1 Å². The Balaban J connectivity index is 1.56. The van der Waals surface area contributed by atoms with Crippen molar-refractivity contribution in [1.82, 2.24) is 15.1 Å². The van der Waals surface area contributed by atoms with Gasteiger partial charge >= 0.3 is 0 Å². The van der Waals surface area contributed by atoms with Crippen LogP contribution in [0.4, 0.5) is 8.78 Å². The van der Waals surface area contributed by atoms with Crippen LogP contribution < -0.4 is 10.1 Å². The number of para-hydroxylation sites is 1. The van der Waals surface area contributed by atoms with Gasteiger partial charge in [-0.25, -0.2) is 8.78 Å². The van der Waals surface area contributed by atoms with Gasteiger partial charge in [0.25, 0.3) is 5.91 Å². The summed E-state index contributed by atoms with van der Waals surface area (Å²) in [4.78, 5) is 29.3. The third-order valence-corrected chi connectivity index (χ3v) is 5.74. The molecule has 2 heterocycles. The average molecular weight is 415 g/mol. The van der Waals surface area contributed by atoms with Crippen LogP contribution in [0.25, 0.3) is 0 Å². The maximum absolute atomic E-state index is 13.7. The molecular formula is C22H23F2N3O3. The van der Waals surface area contributed by atoms with E-state index >= 15 is 0 Å². The maximum Gasteiger partial charge on any atom is 0.256 e. The zero-order chi connectivity index (χ0) is 21.1. The number of nitrogens with one attached hydrogen (secondary N) is 1. The van der Waals surface area contributed by atoms with Crippen molar-refractivity contribution < 1.29 is 23.1 Å². The molecule has 2 fully saturated rings. The van der Waals surface area contributed by atoms with Gasteiger partial charge in [0.15, 0.2) is 11.6 Å². The standard InChI is InChI=1S/C22H23F2N3O3/c23-18-7-6-16(14-19(18)24)21(29)27-15-20(28)26(22(27)8-10-25-11-9-22)12-13-30-17-4-2-1-3-5-17/h1-7,14,25H,8-13,15H2. The molecule has 0 aliphatic carbocycles. The lowest BCUT2D eigenvalue weighted by Gasteiger charge is -2.46. The molecule has 8 heteroatoms. The predicted molar refractivity (Wildman–Crippen MR) is 106 cm³/mol. The smallest absolute Gasteiger partial charge is 0.256 e. The lowest BCUT2D eigenvalue weighted by molar-refractivity contribution is -0.132. The Labute approximate surface area is 173 Å². The Morgan fingerprint density at radius 3 is 2.50 bits per heavy atom. The van der Waals surface area contributed by atoms with E-state index in [-0.39, 0.29) is 24.6 Å². The summed E-state index contributed by atoms with van der Waals surface area (Å²) in [6, 6.07) is 12.4. The third kappa shape index (κ3) is 3.75. The van der Waals surface area contributed by atoms with E-state index in [9.17, 15) is 18.4 Å². The molecule has 1 N–H and O–H groups in total. The van der Waals surface area contributed by atoms with Crippen LogP contribution in [0.1, 0.15) is 23.2 Å². The summed E-state index contributed by atoms with van der Waals surface area (Å²) in [6.07, 6.45) is 1.11. The highest BCUT2D eigenvalue weighted by atomic mass is 19.2. The first kappa shape index (κ1) is 20.3. The van der Waals surface area contributed by atoms with Gasteiger partial charge in [0.05, 0.1) is 6.54 Å². The molecule has 0 atom stereocenters. The monoisotopic (exact) mass is 415 g/mol. The Hall–Kier alpha value is -3.00. The number of rotatable bonds is 5. The highest BCUT2D eigenvalue weighted by Gasteiger charge is 2.53. The summed E-state index contributed by atoms with van der Waals surface area (Å²) in [5.74, 6) is -2.04. The summed E-state index contributed by atoms with van der Waals surface area (Å²) in [6.45, 7) is 1.81. The van der Waals surface area contributed by atoms with Gasteiger partial charge in [-0.2, -0.15) is 0 Å². The lowest BCUT2D eigenvalue weighted by Crippen LogP contribution is -2.61. The zero-order valence-corrected chi connectivity index (χ0v) is 16.4. The predicted octanol–water partition coefficient (Wildman–Crippen LogP) is 2.41. The number of hydrogen-bond donors (Lipinski definition) is 1. The first-order valence-electron chi connectivity index (χ1n) is 9.97. The Morgan fingerprint density at radius 2 is 1.80 bits per heavy atom. The molecule has 0 aromatic heterocycles. The van der Waals surface area contributed by atoms with Crippen molar-refractivity contribution in [3.05, 3.63) is 65.7 Å². The third-order valence-electron chi connectivity index (χ3n) is 5.74. The van der Waals surface area contributed by atoms with Gasteiger partial charge in [-0.3, -0.25) is 9.59 Å². The largest absolute Gasteiger partial charge is 0.492 e. The van der Waals surface area contributed by atoms with Crippen LogP contribution in [-0.2, 0) is 4.79 Å². The Bertz CT molecular complexity index is 932. The number of halogens is 2. The quantitative estimate of drug-likeness (QED) is 0.815. The van der Waals surface area contributed by atoms with Gasteiger partial charge in [0, 0.05) is 18.4 Å². The molecule has 0 unspecified atom stereocenters. The molecule has 158 valence electrons. The van der Waals surface area contributed by atoms with Gasteiger partial charge in [-0.05, 0) is 43.4 Å². The number of hydrogen-bond acceptors (Lipinski definition) is 4. The number of amides is 2. The molecule has 2 aromatic rings. The van der Waals surface area contributed by atoms with E-state index in [4.69, 9.17) is 4.74 Å². The fourth-order valence-electron chi connectivity index (χ4n) is 4.26. The van der Waals surface area contributed by atoms with Crippen LogP contribution in [0.15, 0.2) is 48.5 Å². The van der Waals surface area contributed by atoms with Gasteiger partial charge in [0.2, 0.25) is 5.91 Å². The summed E-state index contributed by atoms with van der Waals surface area (Å²) in [5.41, 5.74) is -0.772. The fourth-order valence-corrected chi connectivity index (χ4v) is 4.26. The molecule has 30 heavy (non-hydrogen) atoms. The van der Waals surface area contributed by atoms with Crippen molar-refractivity contribution in [2.75, 3.05) is 32.8 Å². The van der Waals surface area contributed by atoms with Crippen LogP contribution in [0.3, 0.4) is 0 Å². The summed E-state index contributed by atoms with van der Waals surface area (Å²) in [5, 5.41) is 3.25. The van der Waals surface area contributed by atoms with E-state index in [0.717, 1.165) is 12.1 Å². The van der Waals surface area contributed by atoms with Crippen molar-refractivity contribution in [2.24, 2.45) is 0 Å². The Morgan fingerprint density at radius 1 is 1.07 bits per heavy atom. The van der Waals surface area contributed by atoms with Crippen LogP contribution >= 0.6 is 0 Å². The van der Waals surface area contributed by atoms with Crippen molar-refractivity contribution in [1.29, 1.82) is 0 Å². The molecule has 2 aliphatic heterocycles. The van der Waals surface area contributed by atoms with E-state index in [1.54, 1.807) is 4.90 Å². The molecule has 0 bridgehead atoms. The minimum absolute atomic E-state index is 0.0296. The van der Waals surface area contributed by atoms with Crippen LogP contribution in [0.2, 0.25) is 0 Å². The number of nitrogens with zero attached hydrogens (tertiary/aromatic N) is 2. The zero-order valence-electron chi connectivity index (χ0n) is 16.4. The lowest BCUT2D eigenvalue weighted by atomic mass is 9.94. The second-order valence-corrected chi connectivity index (χ2v) is 7.46. The second kappa shape index (κ2) is 8.39. The van der Waals surface area contributed by atoms with E-state index < -0.39 is 23.2 Å². The number of carbonyl (C=O) groups is 2. The number of benzene rings is 2. The number of piperidine rings is 1. The first-order chi connectivity index (χ1) is 14.5. The minimum atomic E-state index is -1.08. The first-order valence-corrected chi connectivity index (χ1v) is 9.97. The Kier molecular flexibility index (Phi) is 5.67. The van der Waals surface area contributed by atoms with Gasteiger partial charge in [-0.1, -0.05) is 18.2 Å². The fraction of sp³-hybridized carbons (Fsp3) is 0.364. The maximum atomic E-state index is 13.7. The number of carbonyl (C=O) groups excluding carboxylic acids is 2. The second-order valence-electron chi connectivity index (χ2n) is 7.46. The molecule has 2 aromatic carbocycles. The summed E-state index contributed by atoms with van der Waals surface area (Å²) < 4.78 is 32.8. The molecule has 1 spiro atoms. The van der Waals surface area contributed by atoms with Crippen molar-refractivity contribution in [3.8, 4) is 5.75 Å². The minimum Gasteiger partial charge on any atom is -0.492 e. The highest BCUT2D eigenvalue weighted by molar-refractivity contribution is 5.99. The molecule has 0 saturated carbocycles. The average Bonchev–Trinajstić information content (AvgIpc) is 3.02. The molecule has 2 aliphatic rings. The van der Waals surface area contributed by atoms with Crippen molar-refractivity contribution >= 4 is 11.8 Å². The molecule has 0 radical (unpaired) electrons. The van der Waals surface area contributed by atoms with E-state index in [1.165, 1.54) is 11.0 Å². The highest BCUT2D eigenvalue weighted by Crippen LogP contribution is 2.36. The van der Waals surface area contributed by atoms with Crippen molar-refractivity contribution in [3.63, 3.8) is 0 Å². The number of ether oxygens (including phenoxy) is 1. The molecular weight excluding hydrogens is 392 g/mol. The van der Waals surface area contributed by atoms with Gasteiger partial charge in [0.1, 0.15) is 24.6 Å². The van der Waals surface area contributed by atoms with E-state index in [0.29, 0.717) is 38.2 Å². The van der Waals surface area contributed by atoms with Crippen molar-refractivity contribution in [2.45, 2.75) is 18.5 Å². The van der Waals surface area contributed by atoms with E-state index in [1.807, 2.05) is 30.3 Å². The SMILES string of the molecule is O=C1CN(C(=O)c2ccc(F)c(F)c2)C2(CCNCC2)N1CCOc1ccccc1. The molecule has 2 saturated heterocycles. The summed E-state index contributed by atoms with van der Waals surface area (Å²) in [7, 11) is 0. The topological polar surface area (TPSA) is 61.9 Å². The van der Waals surface area contributed by atoms with E-state index in [2.05, 4.69) is 5.32 Å². The van der Waals surface area contributed by atoms with Crippen LogP contribution in [0, 0.1) is 11.6 Å². The van der Waals surface area contributed by atoms with Gasteiger partial charge in [-0.15, -0.1) is 0 Å². The van der Waals surface area contributed by atoms with Gasteiger partial charge < -0.3 is 19.9 Å². The normalized spacial score (nSPS) is 18.1. The summed E-state index contributed by atoms with van der Waals surface area (Å²) >= 11 is 0.